The Hall–Kier alpha value is -0.770. The van der Waals surface area contributed by atoms with Gasteiger partial charge in [0.05, 0.1) is 6.61 Å². The average Bonchev–Trinajstić information content (AvgIpc) is 2.35. The molecule has 0 spiro atoms. The topological polar surface area (TPSA) is 55.4 Å². The Morgan fingerprint density at radius 2 is 2.00 bits per heavy atom. The number of carbonyl (C=O) groups excluding carboxylic acids is 2. The molecule has 0 bridgehead atoms. The second-order valence-electron chi connectivity index (χ2n) is 3.86. The number of hydrogen-bond donors (Lipinski definition) is 1. The zero-order chi connectivity index (χ0) is 13.6. The zero-order valence-corrected chi connectivity index (χ0v) is 12.9. The van der Waals surface area contributed by atoms with Crippen LogP contribution >= 0.6 is 22.6 Å². The molecule has 1 amide bonds. The van der Waals surface area contributed by atoms with Crippen molar-refractivity contribution in [3.05, 3.63) is 0 Å². The van der Waals surface area contributed by atoms with Crippen molar-refractivity contribution < 1.29 is 14.3 Å². The molecule has 0 rings (SSSR count). The van der Waals surface area contributed by atoms with Crippen LogP contribution in [-0.4, -0.2) is 25.0 Å². The molecule has 0 aromatic carbocycles. The highest BCUT2D eigenvalue weighted by atomic mass is 127. The van der Waals surface area contributed by atoms with Gasteiger partial charge in [0.2, 0.25) is 0 Å². The van der Waals surface area contributed by atoms with Crippen LogP contribution in [0.4, 0.5) is 0 Å². The first-order chi connectivity index (χ1) is 8.70. The Morgan fingerprint density at radius 3 is 2.67 bits per heavy atom. The van der Waals surface area contributed by atoms with Gasteiger partial charge in [-0.05, 0) is 16.8 Å². The van der Waals surface area contributed by atoms with Gasteiger partial charge in [0.1, 0.15) is 0 Å². The minimum absolute atomic E-state index is 0.194. The largest absolute Gasteiger partial charge is 0.466 e. The zero-order valence-electron chi connectivity index (χ0n) is 10.8. The highest BCUT2D eigenvalue weighted by Gasteiger charge is 2.02. The van der Waals surface area contributed by atoms with Crippen LogP contribution in [0.3, 0.4) is 0 Å². The Balaban J connectivity index is 3.36. The van der Waals surface area contributed by atoms with Crippen molar-refractivity contribution in [3.8, 4) is 9.85 Å². The Bertz CT molecular complexity index is 307. The maximum Gasteiger partial charge on any atom is 0.305 e. The van der Waals surface area contributed by atoms with Crippen LogP contribution in [0.5, 0.6) is 0 Å². The summed E-state index contributed by atoms with van der Waals surface area (Å²) < 4.78 is 7.54. The summed E-state index contributed by atoms with van der Waals surface area (Å²) >= 11 is 1.80. The van der Waals surface area contributed by atoms with Gasteiger partial charge < -0.3 is 10.1 Å². The summed E-state index contributed by atoms with van der Waals surface area (Å²) in [5.41, 5.74) is 0. The number of amides is 1. The van der Waals surface area contributed by atoms with Crippen molar-refractivity contribution in [2.24, 2.45) is 0 Å². The van der Waals surface area contributed by atoms with Gasteiger partial charge in [-0.25, -0.2) is 0 Å². The number of rotatable bonds is 9. The molecule has 5 heteroatoms. The van der Waals surface area contributed by atoms with Crippen LogP contribution in [0, 0.1) is 9.85 Å². The Labute approximate surface area is 122 Å². The maximum absolute atomic E-state index is 11.3. The van der Waals surface area contributed by atoms with E-state index in [0.29, 0.717) is 26.0 Å². The number of hydrogen-bond acceptors (Lipinski definition) is 3. The predicted octanol–water partition coefficient (Wildman–Crippen LogP) is 2.40. The van der Waals surface area contributed by atoms with E-state index in [1.165, 1.54) is 12.8 Å². The first kappa shape index (κ1) is 17.2. The van der Waals surface area contributed by atoms with Crippen LogP contribution in [0.2, 0.25) is 0 Å². The summed E-state index contributed by atoms with van der Waals surface area (Å²) in [6.07, 6.45) is 5.32. The van der Waals surface area contributed by atoms with Crippen molar-refractivity contribution in [2.75, 3.05) is 13.2 Å². The van der Waals surface area contributed by atoms with E-state index in [1.807, 2.05) is 0 Å². The lowest BCUT2D eigenvalue weighted by Gasteiger charge is -2.04. The van der Waals surface area contributed by atoms with Gasteiger partial charge in [-0.15, -0.1) is 0 Å². The van der Waals surface area contributed by atoms with E-state index >= 15 is 0 Å². The second kappa shape index (κ2) is 12.7. The fourth-order valence-electron chi connectivity index (χ4n) is 1.31. The Kier molecular flexibility index (Phi) is 12.1. The lowest BCUT2D eigenvalue weighted by atomic mass is 10.2. The van der Waals surface area contributed by atoms with E-state index in [-0.39, 0.29) is 11.9 Å². The monoisotopic (exact) mass is 365 g/mol. The minimum Gasteiger partial charge on any atom is -0.466 e. The standard InChI is InChI=1S/C13H20INO3/c1-2-3-4-5-11-18-13(17)7-6-10-15-12(16)8-9-14/h2-7,10-11H2,1H3,(H,15,16). The second-order valence-corrected chi connectivity index (χ2v) is 4.40. The van der Waals surface area contributed by atoms with Gasteiger partial charge in [0, 0.05) is 41.5 Å². The summed E-state index contributed by atoms with van der Waals surface area (Å²) in [7, 11) is 0. The average molecular weight is 365 g/mol. The molecule has 0 aromatic heterocycles. The smallest absolute Gasteiger partial charge is 0.305 e. The molecular weight excluding hydrogens is 345 g/mol. The number of halogens is 1. The molecule has 0 saturated carbocycles. The van der Waals surface area contributed by atoms with Crippen molar-refractivity contribution in [2.45, 2.75) is 45.4 Å². The molecular formula is C13H20INO3. The highest BCUT2D eigenvalue weighted by molar-refractivity contribution is 14.1. The van der Waals surface area contributed by atoms with Crippen molar-refractivity contribution in [3.63, 3.8) is 0 Å². The highest BCUT2D eigenvalue weighted by Crippen LogP contribution is 2.00. The van der Waals surface area contributed by atoms with E-state index in [9.17, 15) is 9.59 Å². The van der Waals surface area contributed by atoms with Crippen LogP contribution in [-0.2, 0) is 14.3 Å². The van der Waals surface area contributed by atoms with Gasteiger partial charge in [0.15, 0.2) is 0 Å². The summed E-state index contributed by atoms with van der Waals surface area (Å²) in [5.74, 6) is 1.86. The van der Waals surface area contributed by atoms with Gasteiger partial charge in [-0.2, -0.15) is 0 Å². The molecule has 0 saturated heterocycles. The third-order valence-electron chi connectivity index (χ3n) is 2.26. The number of esters is 1. The van der Waals surface area contributed by atoms with Crippen LogP contribution in [0.1, 0.15) is 45.4 Å². The van der Waals surface area contributed by atoms with E-state index in [2.05, 4.69) is 22.1 Å². The van der Waals surface area contributed by atoms with Crippen LogP contribution in [0.25, 0.3) is 0 Å². The molecule has 0 aliphatic heterocycles. The van der Waals surface area contributed by atoms with E-state index in [1.54, 1.807) is 22.6 Å². The third kappa shape index (κ3) is 11.7. The molecule has 0 atom stereocenters. The van der Waals surface area contributed by atoms with E-state index in [0.717, 1.165) is 12.8 Å². The van der Waals surface area contributed by atoms with Crippen LogP contribution in [0.15, 0.2) is 0 Å². The molecule has 18 heavy (non-hydrogen) atoms. The molecule has 102 valence electrons. The molecule has 1 N–H and O–H groups in total. The van der Waals surface area contributed by atoms with Gasteiger partial charge >= 0.3 is 5.97 Å². The lowest BCUT2D eigenvalue weighted by molar-refractivity contribution is -0.144. The predicted molar refractivity (Wildman–Crippen MR) is 79.1 cm³/mol. The molecule has 0 aliphatic rings. The molecule has 4 nitrogen and oxygen atoms in total. The molecule has 0 radical (unpaired) electrons. The first-order valence-corrected chi connectivity index (χ1v) is 7.33. The Morgan fingerprint density at radius 1 is 1.22 bits per heavy atom. The fourth-order valence-corrected chi connectivity index (χ4v) is 1.55. The summed E-state index contributed by atoms with van der Waals surface area (Å²) in [5, 5.41) is 2.60. The van der Waals surface area contributed by atoms with Crippen LogP contribution < -0.4 is 5.32 Å². The number of carbonyl (C=O) groups is 2. The molecule has 0 aliphatic carbocycles. The summed E-state index contributed by atoms with van der Waals surface area (Å²) in [6.45, 7) is 3.10. The minimum atomic E-state index is -0.308. The number of unbranched alkanes of at least 4 members (excludes halogenated alkanes) is 3. The number of ether oxygens (including phenoxy) is 1. The van der Waals surface area contributed by atoms with Gasteiger partial charge in [-0.3, -0.25) is 9.59 Å². The lowest BCUT2D eigenvalue weighted by Crippen LogP contribution is -2.23. The normalized spacial score (nSPS) is 9.22. The first-order valence-electron chi connectivity index (χ1n) is 6.25. The summed E-state index contributed by atoms with van der Waals surface area (Å²) in [4.78, 5) is 22.2. The maximum atomic E-state index is 11.3. The number of nitrogens with one attached hydrogen (secondary N) is 1. The molecule has 0 fully saturated rings. The van der Waals surface area contributed by atoms with E-state index < -0.39 is 0 Å². The van der Waals surface area contributed by atoms with E-state index in [4.69, 9.17) is 4.74 Å². The third-order valence-corrected chi connectivity index (χ3v) is 2.53. The summed E-state index contributed by atoms with van der Waals surface area (Å²) in [6, 6.07) is 0. The quantitative estimate of drug-likeness (QED) is 0.296. The van der Waals surface area contributed by atoms with Crippen molar-refractivity contribution in [1.29, 1.82) is 0 Å². The van der Waals surface area contributed by atoms with Gasteiger partial charge in [0.25, 0.3) is 5.91 Å². The van der Waals surface area contributed by atoms with Gasteiger partial charge in [-0.1, -0.05) is 26.2 Å². The fraction of sp³-hybridized carbons (Fsp3) is 0.692. The molecule has 0 heterocycles. The van der Waals surface area contributed by atoms with Crippen molar-refractivity contribution >= 4 is 34.5 Å². The van der Waals surface area contributed by atoms with Crippen molar-refractivity contribution in [1.82, 2.24) is 5.32 Å². The molecule has 0 aromatic rings. The SMILES string of the molecule is CCCCCCOC(=O)CCCNC(=O)C#CI. The molecule has 0 unspecified atom stereocenters.